The topological polar surface area (TPSA) is 23.6 Å². The van der Waals surface area contributed by atoms with Crippen LogP contribution in [0.2, 0.25) is 0 Å². The Morgan fingerprint density at radius 1 is 1.10 bits per heavy atom. The average Bonchev–Trinajstić information content (AvgIpc) is 2.73. The summed E-state index contributed by atoms with van der Waals surface area (Å²) in [6, 6.07) is 13.4. The number of benzene rings is 2. The van der Waals surface area contributed by atoms with Gasteiger partial charge in [0.05, 0.1) is 0 Å². The maximum Gasteiger partial charge on any atom is 0.222 e. The normalized spacial score (nSPS) is 17.3. The summed E-state index contributed by atoms with van der Waals surface area (Å²) in [6.07, 6.45) is 3.93. The van der Waals surface area contributed by atoms with E-state index >= 15 is 0 Å². The van der Waals surface area contributed by atoms with Gasteiger partial charge in [-0.25, -0.2) is 8.78 Å². The molecule has 0 bridgehead atoms. The molecule has 3 rings (SSSR count). The van der Waals surface area contributed by atoms with Crippen molar-refractivity contribution in [3.05, 3.63) is 71.3 Å². The molecule has 0 aromatic heterocycles. The number of nitrogens with zero attached hydrogens (tertiary/aromatic N) is 2. The zero-order valence-electron chi connectivity index (χ0n) is 17.1. The van der Waals surface area contributed by atoms with Gasteiger partial charge < -0.3 is 9.80 Å². The number of piperidine rings is 1. The predicted molar refractivity (Wildman–Crippen MR) is 112 cm³/mol. The van der Waals surface area contributed by atoms with Gasteiger partial charge in [-0.3, -0.25) is 4.79 Å². The Labute approximate surface area is 172 Å². The molecule has 2 aromatic rings. The van der Waals surface area contributed by atoms with Crippen LogP contribution >= 0.6 is 0 Å². The van der Waals surface area contributed by atoms with E-state index in [0.29, 0.717) is 24.3 Å². The molecule has 1 aliphatic heterocycles. The van der Waals surface area contributed by atoms with E-state index < -0.39 is 0 Å². The molecular formula is C24H30F2N2O. The van der Waals surface area contributed by atoms with Crippen molar-refractivity contribution in [1.29, 1.82) is 0 Å². The summed E-state index contributed by atoms with van der Waals surface area (Å²) < 4.78 is 26.8. The Morgan fingerprint density at radius 3 is 2.62 bits per heavy atom. The zero-order chi connectivity index (χ0) is 20.6. The monoisotopic (exact) mass is 400 g/mol. The van der Waals surface area contributed by atoms with E-state index in [1.165, 1.54) is 18.2 Å². The number of hydrogen-bond donors (Lipinski definition) is 0. The lowest BCUT2D eigenvalue weighted by atomic mass is 9.96. The summed E-state index contributed by atoms with van der Waals surface area (Å²) >= 11 is 0. The predicted octanol–water partition coefficient (Wildman–Crippen LogP) is 4.31. The SMILES string of the molecule is CN(C[C@@H]1CCCN(CCc2ccc(F)cc2)C1)C(=O)CCc1ccccc1F. The maximum absolute atomic E-state index is 13.7. The van der Waals surface area contributed by atoms with Crippen molar-refractivity contribution in [2.24, 2.45) is 5.92 Å². The van der Waals surface area contributed by atoms with E-state index in [-0.39, 0.29) is 17.5 Å². The van der Waals surface area contributed by atoms with Crippen molar-refractivity contribution in [3.8, 4) is 0 Å². The first-order valence-electron chi connectivity index (χ1n) is 10.5. The van der Waals surface area contributed by atoms with Gasteiger partial charge in [0, 0.05) is 33.1 Å². The van der Waals surface area contributed by atoms with Crippen molar-refractivity contribution in [2.45, 2.75) is 32.1 Å². The molecule has 1 atom stereocenters. The Hall–Kier alpha value is -2.27. The van der Waals surface area contributed by atoms with Gasteiger partial charge >= 0.3 is 0 Å². The lowest BCUT2D eigenvalue weighted by Crippen LogP contribution is -2.42. The first-order chi connectivity index (χ1) is 14.0. The van der Waals surface area contributed by atoms with Crippen molar-refractivity contribution < 1.29 is 13.6 Å². The number of halogens is 2. The molecule has 1 saturated heterocycles. The van der Waals surface area contributed by atoms with Crippen LogP contribution in [0.1, 0.15) is 30.4 Å². The van der Waals surface area contributed by atoms with Crippen LogP contribution in [0.25, 0.3) is 0 Å². The van der Waals surface area contributed by atoms with E-state index in [0.717, 1.165) is 51.0 Å². The van der Waals surface area contributed by atoms with Crippen molar-refractivity contribution in [3.63, 3.8) is 0 Å². The molecule has 0 N–H and O–H groups in total. The lowest BCUT2D eigenvalue weighted by Gasteiger charge is -2.34. The Kier molecular flexibility index (Phi) is 7.76. The van der Waals surface area contributed by atoms with Crippen LogP contribution < -0.4 is 0 Å². The van der Waals surface area contributed by atoms with Crippen molar-refractivity contribution in [1.82, 2.24) is 9.80 Å². The largest absolute Gasteiger partial charge is 0.345 e. The molecule has 0 aliphatic carbocycles. The van der Waals surface area contributed by atoms with Crippen LogP contribution in [0, 0.1) is 17.6 Å². The number of aryl methyl sites for hydroxylation is 1. The molecule has 1 amide bonds. The quantitative estimate of drug-likeness (QED) is 0.659. The number of carbonyl (C=O) groups excluding carboxylic acids is 1. The highest BCUT2D eigenvalue weighted by Crippen LogP contribution is 2.19. The Morgan fingerprint density at radius 2 is 1.86 bits per heavy atom. The fraction of sp³-hybridized carbons (Fsp3) is 0.458. The second-order valence-corrected chi connectivity index (χ2v) is 8.05. The van der Waals surface area contributed by atoms with Crippen LogP contribution in [-0.4, -0.2) is 48.9 Å². The summed E-state index contributed by atoms with van der Waals surface area (Å²) in [5.74, 6) is 0.0811. The van der Waals surface area contributed by atoms with Gasteiger partial charge in [0.25, 0.3) is 0 Å². The van der Waals surface area contributed by atoms with Gasteiger partial charge in [0.2, 0.25) is 5.91 Å². The first-order valence-corrected chi connectivity index (χ1v) is 10.5. The van der Waals surface area contributed by atoms with Crippen molar-refractivity contribution in [2.75, 3.05) is 33.2 Å². The number of amides is 1. The summed E-state index contributed by atoms with van der Waals surface area (Å²) in [7, 11) is 1.85. The van der Waals surface area contributed by atoms with Crippen LogP contribution in [0.5, 0.6) is 0 Å². The van der Waals surface area contributed by atoms with Crippen LogP contribution in [-0.2, 0) is 17.6 Å². The highest BCUT2D eigenvalue weighted by Gasteiger charge is 2.22. The minimum absolute atomic E-state index is 0.0664. The highest BCUT2D eigenvalue weighted by atomic mass is 19.1. The van der Waals surface area contributed by atoms with E-state index in [2.05, 4.69) is 4.90 Å². The smallest absolute Gasteiger partial charge is 0.222 e. The summed E-state index contributed by atoms with van der Waals surface area (Å²) in [6.45, 7) is 3.74. The second kappa shape index (κ2) is 10.5. The van der Waals surface area contributed by atoms with E-state index in [9.17, 15) is 13.6 Å². The molecule has 0 unspecified atom stereocenters. The second-order valence-electron chi connectivity index (χ2n) is 8.05. The molecule has 2 aromatic carbocycles. The first kappa shape index (κ1) is 21.4. The van der Waals surface area contributed by atoms with Crippen molar-refractivity contribution >= 4 is 5.91 Å². The molecule has 5 heteroatoms. The van der Waals surface area contributed by atoms with Gasteiger partial charge in [-0.15, -0.1) is 0 Å². The number of hydrogen-bond acceptors (Lipinski definition) is 2. The summed E-state index contributed by atoms with van der Waals surface area (Å²) in [5.41, 5.74) is 1.74. The van der Waals surface area contributed by atoms with Gasteiger partial charge in [0.15, 0.2) is 0 Å². The van der Waals surface area contributed by atoms with Gasteiger partial charge in [-0.1, -0.05) is 30.3 Å². The van der Waals surface area contributed by atoms with E-state index in [1.807, 2.05) is 19.2 Å². The third-order valence-electron chi connectivity index (χ3n) is 5.76. The third kappa shape index (κ3) is 6.64. The number of rotatable bonds is 8. The molecule has 3 nitrogen and oxygen atoms in total. The van der Waals surface area contributed by atoms with Gasteiger partial charge in [0.1, 0.15) is 11.6 Å². The van der Waals surface area contributed by atoms with Gasteiger partial charge in [-0.05, 0) is 67.5 Å². The fourth-order valence-electron chi connectivity index (χ4n) is 4.06. The molecule has 0 saturated carbocycles. The molecule has 1 aliphatic rings. The summed E-state index contributed by atoms with van der Waals surface area (Å²) in [5, 5.41) is 0. The molecule has 0 spiro atoms. The molecule has 0 radical (unpaired) electrons. The van der Waals surface area contributed by atoms with E-state index in [4.69, 9.17) is 0 Å². The average molecular weight is 401 g/mol. The van der Waals surface area contributed by atoms with Gasteiger partial charge in [-0.2, -0.15) is 0 Å². The van der Waals surface area contributed by atoms with E-state index in [1.54, 1.807) is 23.1 Å². The minimum Gasteiger partial charge on any atom is -0.345 e. The van der Waals surface area contributed by atoms with Crippen LogP contribution in [0.3, 0.4) is 0 Å². The number of likely N-dealkylation sites (tertiary alicyclic amines) is 1. The summed E-state index contributed by atoms with van der Waals surface area (Å²) in [4.78, 5) is 16.7. The molecule has 156 valence electrons. The lowest BCUT2D eigenvalue weighted by molar-refractivity contribution is -0.130. The fourth-order valence-corrected chi connectivity index (χ4v) is 4.06. The number of carbonyl (C=O) groups is 1. The van der Waals surface area contributed by atoms with Crippen LogP contribution in [0.15, 0.2) is 48.5 Å². The van der Waals surface area contributed by atoms with Crippen LogP contribution in [0.4, 0.5) is 8.78 Å². The minimum atomic E-state index is -0.243. The zero-order valence-corrected chi connectivity index (χ0v) is 17.1. The molecule has 1 heterocycles. The maximum atomic E-state index is 13.7. The Balaban J connectivity index is 1.42. The standard InChI is InChI=1S/C24H30F2N2O/c1-27(24(29)13-10-21-6-2-3-7-23(21)26)17-20-5-4-15-28(18-20)16-14-19-8-11-22(25)12-9-19/h2-3,6-9,11-12,20H,4-5,10,13-18H2,1H3/t20-/m0/s1. The third-order valence-corrected chi connectivity index (χ3v) is 5.76. The molecule has 29 heavy (non-hydrogen) atoms. The molecular weight excluding hydrogens is 370 g/mol. The highest BCUT2D eigenvalue weighted by molar-refractivity contribution is 5.76. The molecule has 1 fully saturated rings. The Bertz CT molecular complexity index is 794.